The minimum Gasteiger partial charge on any atom is -0.256 e. The normalized spacial score (nSPS) is 13.1. The molecule has 1 aliphatic rings. The first kappa shape index (κ1) is 27.1. The number of rotatable bonds is 6. The Bertz CT molecular complexity index is 2030. The van der Waals surface area contributed by atoms with E-state index in [1.807, 2.05) is 19.1 Å². The molecule has 5 aromatic carbocycles. The van der Waals surface area contributed by atoms with Crippen LogP contribution >= 0.6 is 0 Å². The molecular weight excluding hydrogens is 532 g/mol. The number of fused-ring (bicyclic) bond motifs is 3. The maximum Gasteiger partial charge on any atom is 0.0992 e. The first-order valence-electron chi connectivity index (χ1n) is 14.9. The van der Waals surface area contributed by atoms with Crippen LogP contribution in [0.3, 0.4) is 0 Å². The molecule has 0 bridgehead atoms. The zero-order valence-electron chi connectivity index (χ0n) is 24.5. The van der Waals surface area contributed by atoms with Crippen molar-refractivity contribution in [1.29, 1.82) is 5.26 Å². The number of benzene rings is 5. The van der Waals surface area contributed by atoms with Gasteiger partial charge in [-0.2, -0.15) is 5.26 Å². The fraction of sp³-hybridized carbons (Fsp3) is 0.0476. The highest BCUT2D eigenvalue weighted by atomic mass is 14.7. The highest BCUT2D eigenvalue weighted by Crippen LogP contribution is 2.58. The van der Waals surface area contributed by atoms with Gasteiger partial charge in [0.1, 0.15) is 0 Å². The van der Waals surface area contributed by atoms with Crippen LogP contribution in [0.2, 0.25) is 0 Å². The SMILES string of the molecule is C/C=C\C=C/c1cc(-c2cc(C#N)ccn2)cc2c1-c1ccc(-c3ccccc3)cc1C2(c1ccccc1)c1ccccc1. The second-order valence-electron chi connectivity index (χ2n) is 11.0. The Morgan fingerprint density at radius 1 is 0.636 bits per heavy atom. The van der Waals surface area contributed by atoms with Gasteiger partial charge in [-0.25, -0.2) is 0 Å². The molecule has 0 N–H and O–H groups in total. The third-order valence-corrected chi connectivity index (χ3v) is 8.55. The average molecular weight is 563 g/mol. The second kappa shape index (κ2) is 11.5. The van der Waals surface area contributed by atoms with E-state index in [-0.39, 0.29) is 0 Å². The van der Waals surface area contributed by atoms with Crippen molar-refractivity contribution in [2.75, 3.05) is 0 Å². The number of hydrogen-bond donors (Lipinski definition) is 0. The Morgan fingerprint density at radius 2 is 1.30 bits per heavy atom. The van der Waals surface area contributed by atoms with Crippen LogP contribution in [0.4, 0.5) is 0 Å². The van der Waals surface area contributed by atoms with Crippen molar-refractivity contribution < 1.29 is 0 Å². The Morgan fingerprint density at radius 3 is 1.95 bits per heavy atom. The van der Waals surface area contributed by atoms with Crippen molar-refractivity contribution in [3.05, 3.63) is 191 Å². The van der Waals surface area contributed by atoms with E-state index < -0.39 is 5.41 Å². The molecule has 0 spiro atoms. The van der Waals surface area contributed by atoms with Crippen LogP contribution in [0, 0.1) is 11.3 Å². The van der Waals surface area contributed by atoms with Crippen molar-refractivity contribution in [3.63, 3.8) is 0 Å². The Balaban J connectivity index is 1.64. The largest absolute Gasteiger partial charge is 0.256 e. The first-order valence-corrected chi connectivity index (χ1v) is 14.9. The molecule has 208 valence electrons. The number of pyridine rings is 1. The van der Waals surface area contributed by atoms with Crippen molar-refractivity contribution >= 4 is 6.08 Å². The van der Waals surface area contributed by atoms with Gasteiger partial charge in [0, 0.05) is 11.8 Å². The summed E-state index contributed by atoms with van der Waals surface area (Å²) >= 11 is 0. The average Bonchev–Trinajstić information content (AvgIpc) is 3.40. The summed E-state index contributed by atoms with van der Waals surface area (Å²) in [7, 11) is 0. The zero-order chi connectivity index (χ0) is 29.9. The molecule has 0 amide bonds. The van der Waals surface area contributed by atoms with Gasteiger partial charge in [-0.05, 0) is 87.3 Å². The molecule has 0 aliphatic heterocycles. The summed E-state index contributed by atoms with van der Waals surface area (Å²) in [6.07, 6.45) is 10.1. The molecule has 1 heterocycles. The van der Waals surface area contributed by atoms with Gasteiger partial charge < -0.3 is 0 Å². The molecule has 0 saturated heterocycles. The minimum atomic E-state index is -0.579. The number of nitriles is 1. The van der Waals surface area contributed by atoms with Crippen LogP contribution in [0.25, 0.3) is 39.6 Å². The minimum absolute atomic E-state index is 0.579. The van der Waals surface area contributed by atoms with E-state index in [0.29, 0.717) is 5.56 Å². The third-order valence-electron chi connectivity index (χ3n) is 8.55. The molecule has 0 saturated carbocycles. The Kier molecular flexibility index (Phi) is 7.06. The molecule has 0 fully saturated rings. The van der Waals surface area contributed by atoms with Gasteiger partial charge in [-0.3, -0.25) is 4.98 Å². The predicted octanol–water partition coefficient (Wildman–Crippen LogP) is 10.2. The van der Waals surface area contributed by atoms with Crippen molar-refractivity contribution in [1.82, 2.24) is 4.98 Å². The summed E-state index contributed by atoms with van der Waals surface area (Å²) < 4.78 is 0. The van der Waals surface area contributed by atoms with Crippen LogP contribution in [0.5, 0.6) is 0 Å². The van der Waals surface area contributed by atoms with Crippen LogP contribution in [-0.2, 0) is 5.41 Å². The van der Waals surface area contributed by atoms with Gasteiger partial charge in [0.15, 0.2) is 0 Å². The fourth-order valence-corrected chi connectivity index (χ4v) is 6.66. The summed E-state index contributed by atoms with van der Waals surface area (Å²) in [4.78, 5) is 4.73. The standard InChI is InChI=1S/C42H30N2/c1-2-3-7-16-33-26-34(40-25-30(29-43)23-24-44-40)28-39-41(33)37-22-21-32(31-14-8-4-9-15-31)27-38(37)42(39,35-17-10-5-11-18-35)36-19-12-6-13-20-36/h2-28H,1H3/b3-2-,16-7-. The monoisotopic (exact) mass is 562 g/mol. The topological polar surface area (TPSA) is 36.7 Å². The first-order chi connectivity index (χ1) is 21.7. The van der Waals surface area contributed by atoms with E-state index in [0.717, 1.165) is 16.8 Å². The number of allylic oxidation sites excluding steroid dienone is 3. The smallest absolute Gasteiger partial charge is 0.0992 e. The summed E-state index contributed by atoms with van der Waals surface area (Å²) in [6.45, 7) is 2.03. The summed E-state index contributed by atoms with van der Waals surface area (Å²) in [6, 6.07) is 49.6. The maximum atomic E-state index is 9.68. The molecule has 0 atom stereocenters. The second-order valence-corrected chi connectivity index (χ2v) is 11.0. The lowest BCUT2D eigenvalue weighted by atomic mass is 9.67. The molecule has 44 heavy (non-hydrogen) atoms. The molecule has 2 nitrogen and oxygen atoms in total. The number of aromatic nitrogens is 1. The molecular formula is C42H30N2. The van der Waals surface area contributed by atoms with Crippen LogP contribution in [0.1, 0.15) is 40.3 Å². The van der Waals surface area contributed by atoms with Crippen molar-refractivity contribution in [3.8, 4) is 39.6 Å². The Hall–Kier alpha value is -5.78. The highest BCUT2D eigenvalue weighted by Gasteiger charge is 2.47. The fourth-order valence-electron chi connectivity index (χ4n) is 6.66. The van der Waals surface area contributed by atoms with Gasteiger partial charge in [0.25, 0.3) is 0 Å². The summed E-state index contributed by atoms with van der Waals surface area (Å²) in [5.41, 5.74) is 12.6. The lowest BCUT2D eigenvalue weighted by molar-refractivity contribution is 0.769. The number of nitrogens with zero attached hydrogens (tertiary/aromatic N) is 2. The number of hydrogen-bond acceptors (Lipinski definition) is 2. The van der Waals surface area contributed by atoms with E-state index in [2.05, 4.69) is 146 Å². The molecule has 7 rings (SSSR count). The van der Waals surface area contributed by atoms with Crippen molar-refractivity contribution in [2.45, 2.75) is 12.3 Å². The van der Waals surface area contributed by atoms with E-state index >= 15 is 0 Å². The molecule has 2 heteroatoms. The van der Waals surface area contributed by atoms with E-state index in [9.17, 15) is 5.26 Å². The van der Waals surface area contributed by atoms with Crippen LogP contribution < -0.4 is 0 Å². The molecule has 0 radical (unpaired) electrons. The van der Waals surface area contributed by atoms with E-state index in [4.69, 9.17) is 4.98 Å². The van der Waals surface area contributed by atoms with E-state index in [1.165, 1.54) is 44.5 Å². The Labute approximate surface area is 258 Å². The summed E-state index contributed by atoms with van der Waals surface area (Å²) in [5, 5.41) is 9.68. The maximum absolute atomic E-state index is 9.68. The predicted molar refractivity (Wildman–Crippen MR) is 181 cm³/mol. The van der Waals surface area contributed by atoms with Gasteiger partial charge in [0.2, 0.25) is 0 Å². The molecule has 1 aliphatic carbocycles. The lowest BCUT2D eigenvalue weighted by Gasteiger charge is -2.34. The van der Waals surface area contributed by atoms with Crippen LogP contribution in [0.15, 0.2) is 158 Å². The van der Waals surface area contributed by atoms with Gasteiger partial charge in [0.05, 0.1) is 22.7 Å². The van der Waals surface area contributed by atoms with Crippen LogP contribution in [-0.4, -0.2) is 4.98 Å². The molecule has 1 aromatic heterocycles. The lowest BCUT2D eigenvalue weighted by Crippen LogP contribution is -2.28. The van der Waals surface area contributed by atoms with Gasteiger partial charge in [-0.15, -0.1) is 0 Å². The zero-order valence-corrected chi connectivity index (χ0v) is 24.5. The van der Waals surface area contributed by atoms with Crippen molar-refractivity contribution in [2.24, 2.45) is 0 Å². The van der Waals surface area contributed by atoms with E-state index in [1.54, 1.807) is 12.3 Å². The van der Waals surface area contributed by atoms with Gasteiger partial charge >= 0.3 is 0 Å². The summed E-state index contributed by atoms with van der Waals surface area (Å²) in [5.74, 6) is 0. The molecule has 6 aromatic rings. The highest BCUT2D eigenvalue weighted by molar-refractivity contribution is 5.94. The van der Waals surface area contributed by atoms with Gasteiger partial charge in [-0.1, -0.05) is 127 Å². The third kappa shape index (κ3) is 4.47. The quantitative estimate of drug-likeness (QED) is 0.189. The molecule has 0 unspecified atom stereocenters.